The van der Waals surface area contributed by atoms with Gasteiger partial charge in [0.2, 0.25) is 0 Å². The van der Waals surface area contributed by atoms with E-state index in [1.807, 2.05) is 0 Å². The van der Waals surface area contributed by atoms with Gasteiger partial charge in [0.1, 0.15) is 6.10 Å². The molecule has 118 valence electrons. The van der Waals surface area contributed by atoms with Gasteiger partial charge in [-0.2, -0.15) is 13.2 Å². The minimum Gasteiger partial charge on any atom is -0.455 e. The highest BCUT2D eigenvalue weighted by Crippen LogP contribution is 2.43. The van der Waals surface area contributed by atoms with Crippen molar-refractivity contribution >= 4 is 11.8 Å². The molecule has 0 radical (unpaired) electrons. The third kappa shape index (κ3) is 2.76. The van der Waals surface area contributed by atoms with E-state index in [1.165, 1.54) is 30.4 Å². The first-order valence-corrected chi connectivity index (χ1v) is 6.41. The number of hydrogen-bond donors (Lipinski definition) is 0. The molecule has 0 fully saturated rings. The predicted octanol–water partition coefficient (Wildman–Crippen LogP) is 2.53. The molecule has 2 atom stereocenters. The highest BCUT2D eigenvalue weighted by Gasteiger charge is 2.64. The van der Waals surface area contributed by atoms with Crippen LogP contribution in [-0.2, 0) is 24.7 Å². The Morgan fingerprint density at radius 3 is 2.32 bits per heavy atom. The number of ether oxygens (including phenoxy) is 2. The number of hydrogen-bond acceptors (Lipinski definition) is 4. The average Bonchev–Trinajstić information content (AvgIpc) is 2.85. The maximum Gasteiger partial charge on any atom is 0.432 e. The van der Waals surface area contributed by atoms with Crippen LogP contribution in [0.1, 0.15) is 12.0 Å². The number of methoxy groups -OCH3 is 1. The average molecular weight is 314 g/mol. The monoisotopic (exact) mass is 314 g/mol. The molecule has 0 spiro atoms. The van der Waals surface area contributed by atoms with Crippen molar-refractivity contribution in [1.29, 1.82) is 0 Å². The first-order valence-electron chi connectivity index (χ1n) is 6.41. The molecule has 1 aliphatic rings. The van der Waals surface area contributed by atoms with E-state index in [0.717, 1.165) is 19.2 Å². The lowest BCUT2D eigenvalue weighted by Crippen LogP contribution is -2.52. The van der Waals surface area contributed by atoms with E-state index in [1.54, 1.807) is 0 Å². The van der Waals surface area contributed by atoms with Crippen LogP contribution in [0.4, 0.5) is 13.2 Å². The highest BCUT2D eigenvalue weighted by molar-refractivity contribution is 5.93. The molecule has 2 rings (SSSR count). The van der Waals surface area contributed by atoms with E-state index in [9.17, 15) is 22.8 Å². The standard InChI is InChI=1S/C15H13F3O4/c1-21-14(15(16,17)18,10-5-3-2-4-6-10)13(20)22-12-8-7-11(19)9-12/h2-8,12H,9H2,1H3/t12-,14?/m1/s1. The van der Waals surface area contributed by atoms with Gasteiger partial charge in [-0.05, 0) is 12.2 Å². The summed E-state index contributed by atoms with van der Waals surface area (Å²) >= 11 is 0. The van der Waals surface area contributed by atoms with Gasteiger partial charge in [0, 0.05) is 12.7 Å². The van der Waals surface area contributed by atoms with Gasteiger partial charge >= 0.3 is 12.1 Å². The van der Waals surface area contributed by atoms with Gasteiger partial charge in [0.05, 0.1) is 6.42 Å². The number of allylic oxidation sites excluding steroid dienone is 1. The molecule has 0 N–H and O–H groups in total. The summed E-state index contributed by atoms with van der Waals surface area (Å²) in [5.74, 6) is -1.91. The summed E-state index contributed by atoms with van der Waals surface area (Å²) in [6, 6.07) is 6.51. The summed E-state index contributed by atoms with van der Waals surface area (Å²) < 4.78 is 50.1. The van der Waals surface area contributed by atoms with Gasteiger partial charge in [-0.1, -0.05) is 30.3 Å². The van der Waals surface area contributed by atoms with Crippen molar-refractivity contribution in [2.24, 2.45) is 0 Å². The second-order valence-corrected chi connectivity index (χ2v) is 4.72. The molecule has 0 saturated heterocycles. The van der Waals surface area contributed by atoms with Gasteiger partial charge in [0.15, 0.2) is 5.78 Å². The van der Waals surface area contributed by atoms with Crippen molar-refractivity contribution in [2.75, 3.05) is 7.11 Å². The van der Waals surface area contributed by atoms with E-state index in [0.29, 0.717) is 0 Å². The van der Waals surface area contributed by atoms with Gasteiger partial charge in [0.25, 0.3) is 5.60 Å². The Labute approximate surface area is 124 Å². The van der Waals surface area contributed by atoms with E-state index >= 15 is 0 Å². The number of ketones is 1. The highest BCUT2D eigenvalue weighted by atomic mass is 19.4. The number of alkyl halides is 3. The molecule has 0 aromatic heterocycles. The van der Waals surface area contributed by atoms with Gasteiger partial charge in [-0.15, -0.1) is 0 Å². The lowest BCUT2D eigenvalue weighted by Gasteiger charge is -2.33. The molecular weight excluding hydrogens is 301 g/mol. The van der Waals surface area contributed by atoms with Gasteiger partial charge in [-0.25, -0.2) is 4.79 Å². The van der Waals surface area contributed by atoms with Crippen LogP contribution >= 0.6 is 0 Å². The van der Waals surface area contributed by atoms with E-state index in [4.69, 9.17) is 4.74 Å². The fourth-order valence-corrected chi connectivity index (χ4v) is 2.24. The molecule has 0 amide bonds. The van der Waals surface area contributed by atoms with Crippen LogP contribution in [0.25, 0.3) is 0 Å². The normalized spacial score (nSPS) is 20.7. The number of esters is 1. The Morgan fingerprint density at radius 2 is 1.86 bits per heavy atom. The number of halogens is 3. The topological polar surface area (TPSA) is 52.6 Å². The van der Waals surface area contributed by atoms with Crippen LogP contribution in [0.2, 0.25) is 0 Å². The zero-order chi connectivity index (χ0) is 16.4. The van der Waals surface area contributed by atoms with E-state index in [2.05, 4.69) is 4.74 Å². The number of benzene rings is 1. The van der Waals surface area contributed by atoms with E-state index < -0.39 is 23.9 Å². The van der Waals surface area contributed by atoms with Crippen LogP contribution in [0.5, 0.6) is 0 Å². The quantitative estimate of drug-likeness (QED) is 0.802. The molecule has 0 bridgehead atoms. The molecule has 0 heterocycles. The van der Waals surface area contributed by atoms with Gasteiger partial charge < -0.3 is 9.47 Å². The van der Waals surface area contributed by atoms with Crippen LogP contribution in [0, 0.1) is 0 Å². The third-order valence-electron chi connectivity index (χ3n) is 3.33. The first kappa shape index (κ1) is 16.2. The fourth-order valence-electron chi connectivity index (χ4n) is 2.24. The maximum absolute atomic E-state index is 13.6. The zero-order valence-electron chi connectivity index (χ0n) is 11.6. The summed E-state index contributed by atoms with van der Waals surface area (Å²) in [6.45, 7) is 0. The summed E-state index contributed by atoms with van der Waals surface area (Å²) in [4.78, 5) is 23.3. The van der Waals surface area contributed by atoms with E-state index in [-0.39, 0.29) is 17.8 Å². The third-order valence-corrected chi connectivity index (χ3v) is 3.33. The summed E-state index contributed by atoms with van der Waals surface area (Å²) in [5.41, 5.74) is -3.61. The molecule has 1 aromatic rings. The van der Waals surface area contributed by atoms with Crippen molar-refractivity contribution in [3.05, 3.63) is 48.0 Å². The van der Waals surface area contributed by atoms with Crippen LogP contribution in [0.15, 0.2) is 42.5 Å². The number of carbonyl (C=O) groups excluding carboxylic acids is 2. The van der Waals surface area contributed by atoms with Crippen LogP contribution < -0.4 is 0 Å². The zero-order valence-corrected chi connectivity index (χ0v) is 11.6. The molecule has 22 heavy (non-hydrogen) atoms. The van der Waals surface area contributed by atoms with Crippen LogP contribution in [0.3, 0.4) is 0 Å². The Hall–Kier alpha value is -2.15. The Kier molecular flexibility index (Phi) is 4.37. The summed E-state index contributed by atoms with van der Waals surface area (Å²) in [7, 11) is 0.789. The Balaban J connectivity index is 2.38. The number of carbonyl (C=O) groups is 2. The van der Waals surface area contributed by atoms with Crippen molar-refractivity contribution in [2.45, 2.75) is 24.3 Å². The van der Waals surface area contributed by atoms with Crippen LogP contribution in [-0.4, -0.2) is 31.1 Å². The predicted molar refractivity (Wildman–Crippen MR) is 69.8 cm³/mol. The second kappa shape index (κ2) is 5.92. The lowest BCUT2D eigenvalue weighted by molar-refractivity contribution is -0.277. The molecule has 4 nitrogen and oxygen atoms in total. The molecule has 0 saturated carbocycles. The van der Waals surface area contributed by atoms with Crippen molar-refractivity contribution in [1.82, 2.24) is 0 Å². The molecular formula is C15H13F3O4. The first-order chi connectivity index (χ1) is 10.3. The molecule has 0 aliphatic heterocycles. The maximum atomic E-state index is 13.6. The van der Waals surface area contributed by atoms with Crippen molar-refractivity contribution in [3.8, 4) is 0 Å². The van der Waals surface area contributed by atoms with Crippen molar-refractivity contribution in [3.63, 3.8) is 0 Å². The SMILES string of the molecule is COC(C(=O)O[C@@H]1C=CC(=O)C1)(c1ccccc1)C(F)(F)F. The fraction of sp³-hybridized carbons (Fsp3) is 0.333. The lowest BCUT2D eigenvalue weighted by atomic mass is 9.92. The molecule has 1 aliphatic carbocycles. The minimum absolute atomic E-state index is 0.168. The summed E-state index contributed by atoms with van der Waals surface area (Å²) in [5, 5.41) is 0. The van der Waals surface area contributed by atoms with Crippen molar-refractivity contribution < 1.29 is 32.2 Å². The Bertz CT molecular complexity index is 595. The Morgan fingerprint density at radius 1 is 1.23 bits per heavy atom. The molecule has 1 unspecified atom stereocenters. The molecule has 7 heteroatoms. The smallest absolute Gasteiger partial charge is 0.432 e. The summed E-state index contributed by atoms with van der Waals surface area (Å²) in [6.07, 6.45) is -3.78. The number of rotatable bonds is 4. The minimum atomic E-state index is -5.02. The molecule has 1 aromatic carbocycles. The largest absolute Gasteiger partial charge is 0.455 e. The second-order valence-electron chi connectivity index (χ2n) is 4.72. The van der Waals surface area contributed by atoms with Gasteiger partial charge in [-0.3, -0.25) is 4.79 Å².